The second-order valence-corrected chi connectivity index (χ2v) is 7.35. The molecule has 2 aliphatic rings. The fourth-order valence-electron chi connectivity index (χ4n) is 3.77. The molecule has 1 aliphatic heterocycles. The molecule has 1 saturated carbocycles. The van der Waals surface area contributed by atoms with Crippen LogP contribution in [0.25, 0.3) is 0 Å². The summed E-state index contributed by atoms with van der Waals surface area (Å²) in [4.78, 5) is 17.8. The summed E-state index contributed by atoms with van der Waals surface area (Å²) in [5.41, 5.74) is 7.54. The molecule has 2 atom stereocenters. The lowest BCUT2D eigenvalue weighted by atomic mass is 9.96. The first-order valence-electron chi connectivity index (χ1n) is 9.35. The van der Waals surface area contributed by atoms with Gasteiger partial charge in [0.15, 0.2) is 5.96 Å². The highest BCUT2D eigenvalue weighted by molar-refractivity contribution is 14.0. The fraction of sp³-hybridized carbons (Fsp3) is 0.450. The number of ether oxygens (including phenoxy) is 1. The van der Waals surface area contributed by atoms with Crippen LogP contribution in [-0.2, 0) is 5.41 Å². The zero-order valence-corrected chi connectivity index (χ0v) is 18.6. The first-order valence-corrected chi connectivity index (χ1v) is 9.35. The van der Waals surface area contributed by atoms with Gasteiger partial charge in [-0.05, 0) is 18.6 Å². The number of aromatic nitrogens is 2. The number of nitrogens with zero attached hydrogens (tertiary/aromatic N) is 5. The number of rotatable bonds is 4. The summed E-state index contributed by atoms with van der Waals surface area (Å²) in [5, 5.41) is 0. The van der Waals surface area contributed by atoms with Crippen LogP contribution in [0.4, 0.5) is 5.95 Å². The Kier molecular flexibility index (Phi) is 6.26. The number of hydrogen-bond acceptors (Lipinski definition) is 5. The standard InChI is InChI=1S/C20H26N6O.HI/c1-20(15-6-3-4-7-16(15)27-2)14-17(20)24-18(21)25-10-12-26(13-11-25)19-22-8-5-9-23-19;/h3-9,17H,10-14H2,1-2H3,(H2,21,24);1H. The highest BCUT2D eigenvalue weighted by Gasteiger charge is 2.53. The van der Waals surface area contributed by atoms with E-state index in [1.807, 2.05) is 18.2 Å². The lowest BCUT2D eigenvalue weighted by Crippen LogP contribution is -2.51. The number of guanidine groups is 1. The molecule has 4 rings (SSSR count). The van der Waals surface area contributed by atoms with Gasteiger partial charge in [-0.25, -0.2) is 15.0 Å². The van der Waals surface area contributed by atoms with Crippen LogP contribution in [0.5, 0.6) is 5.75 Å². The molecule has 0 amide bonds. The molecule has 1 aromatic heterocycles. The first kappa shape index (κ1) is 20.6. The minimum absolute atomic E-state index is 0. The van der Waals surface area contributed by atoms with Crippen molar-refractivity contribution < 1.29 is 4.74 Å². The van der Waals surface area contributed by atoms with Gasteiger partial charge in [-0.2, -0.15) is 0 Å². The molecule has 2 fully saturated rings. The number of halogens is 1. The SMILES string of the molecule is COc1ccccc1C1(C)CC1N=C(N)N1CCN(c2ncccn2)CC1.I. The van der Waals surface area contributed by atoms with E-state index in [1.165, 1.54) is 5.56 Å². The Morgan fingerprint density at radius 2 is 1.82 bits per heavy atom. The van der Waals surface area contributed by atoms with E-state index in [0.717, 1.165) is 44.3 Å². The van der Waals surface area contributed by atoms with Crippen molar-refractivity contribution in [3.8, 4) is 5.75 Å². The van der Waals surface area contributed by atoms with Gasteiger partial charge in [-0.1, -0.05) is 25.1 Å². The molecule has 1 aliphatic carbocycles. The third kappa shape index (κ3) is 4.01. The number of para-hydroxylation sites is 1. The highest BCUT2D eigenvalue weighted by atomic mass is 127. The van der Waals surface area contributed by atoms with Crippen molar-refractivity contribution in [3.63, 3.8) is 0 Å². The summed E-state index contributed by atoms with van der Waals surface area (Å²) in [6.45, 7) is 5.57. The quantitative estimate of drug-likeness (QED) is 0.399. The molecule has 2 N–H and O–H groups in total. The Morgan fingerprint density at radius 1 is 1.14 bits per heavy atom. The van der Waals surface area contributed by atoms with Gasteiger partial charge in [0.1, 0.15) is 5.75 Å². The summed E-state index contributed by atoms with van der Waals surface area (Å²) in [7, 11) is 1.72. The third-order valence-corrected chi connectivity index (χ3v) is 5.64. The molecule has 8 heteroatoms. The van der Waals surface area contributed by atoms with Crippen LogP contribution in [0.15, 0.2) is 47.7 Å². The molecular formula is C20H27IN6O. The van der Waals surface area contributed by atoms with Crippen molar-refractivity contribution in [2.75, 3.05) is 38.2 Å². The van der Waals surface area contributed by atoms with Crippen LogP contribution in [-0.4, -0.2) is 60.2 Å². The van der Waals surface area contributed by atoms with E-state index in [4.69, 9.17) is 15.5 Å². The van der Waals surface area contributed by atoms with Crippen LogP contribution >= 0.6 is 24.0 Å². The van der Waals surface area contributed by atoms with Crippen LogP contribution in [0.2, 0.25) is 0 Å². The largest absolute Gasteiger partial charge is 0.496 e. The van der Waals surface area contributed by atoms with Crippen molar-refractivity contribution in [3.05, 3.63) is 48.3 Å². The second kappa shape index (κ2) is 8.50. The number of nitrogens with two attached hydrogens (primary N) is 1. The number of methoxy groups -OCH3 is 1. The van der Waals surface area contributed by atoms with Crippen LogP contribution < -0.4 is 15.4 Å². The molecule has 150 valence electrons. The monoisotopic (exact) mass is 494 g/mol. The fourth-order valence-corrected chi connectivity index (χ4v) is 3.77. The van der Waals surface area contributed by atoms with Crippen LogP contribution in [0.3, 0.4) is 0 Å². The van der Waals surface area contributed by atoms with E-state index in [9.17, 15) is 0 Å². The molecule has 0 bridgehead atoms. The summed E-state index contributed by atoms with van der Waals surface area (Å²) < 4.78 is 5.53. The van der Waals surface area contributed by atoms with E-state index in [-0.39, 0.29) is 35.4 Å². The van der Waals surface area contributed by atoms with Crippen LogP contribution in [0, 0.1) is 0 Å². The molecule has 28 heavy (non-hydrogen) atoms. The number of hydrogen-bond donors (Lipinski definition) is 1. The van der Waals surface area contributed by atoms with Gasteiger partial charge in [0.05, 0.1) is 13.2 Å². The summed E-state index contributed by atoms with van der Waals surface area (Å²) in [6.07, 6.45) is 4.54. The van der Waals surface area contributed by atoms with E-state index >= 15 is 0 Å². The molecule has 0 spiro atoms. The van der Waals surface area contributed by atoms with Crippen molar-refractivity contribution >= 4 is 35.9 Å². The second-order valence-electron chi connectivity index (χ2n) is 7.35. The van der Waals surface area contributed by atoms with Gasteiger partial charge in [-0.15, -0.1) is 24.0 Å². The van der Waals surface area contributed by atoms with E-state index in [2.05, 4.69) is 38.8 Å². The zero-order valence-electron chi connectivity index (χ0n) is 16.3. The number of aliphatic imine (C=N–C) groups is 1. The molecule has 1 saturated heterocycles. The maximum Gasteiger partial charge on any atom is 0.225 e. The predicted octanol–water partition coefficient (Wildman–Crippen LogP) is 2.27. The topological polar surface area (TPSA) is 79.9 Å². The number of benzene rings is 1. The van der Waals surface area contributed by atoms with Gasteiger partial charge < -0.3 is 20.3 Å². The predicted molar refractivity (Wildman–Crippen MR) is 122 cm³/mol. The maximum absolute atomic E-state index is 6.34. The Hall–Kier alpha value is -2.10. The van der Waals surface area contributed by atoms with E-state index < -0.39 is 0 Å². The molecule has 2 aromatic rings. The van der Waals surface area contributed by atoms with Crippen molar-refractivity contribution in [2.24, 2.45) is 10.7 Å². The normalized spacial score (nSPS) is 24.5. The first-order chi connectivity index (χ1) is 13.1. The van der Waals surface area contributed by atoms with Gasteiger partial charge in [0.2, 0.25) is 5.95 Å². The summed E-state index contributed by atoms with van der Waals surface area (Å²) in [5.74, 6) is 2.33. The van der Waals surface area contributed by atoms with Crippen molar-refractivity contribution in [1.82, 2.24) is 14.9 Å². The van der Waals surface area contributed by atoms with Crippen molar-refractivity contribution in [1.29, 1.82) is 0 Å². The van der Waals surface area contributed by atoms with Gasteiger partial charge >= 0.3 is 0 Å². The summed E-state index contributed by atoms with van der Waals surface area (Å²) >= 11 is 0. The summed E-state index contributed by atoms with van der Waals surface area (Å²) in [6, 6.07) is 10.2. The number of anilines is 1. The van der Waals surface area contributed by atoms with E-state index in [1.54, 1.807) is 19.5 Å². The lowest BCUT2D eigenvalue weighted by Gasteiger charge is -2.35. The van der Waals surface area contributed by atoms with Gasteiger partial charge in [0.25, 0.3) is 0 Å². The smallest absolute Gasteiger partial charge is 0.225 e. The maximum atomic E-state index is 6.34. The third-order valence-electron chi connectivity index (χ3n) is 5.64. The van der Waals surface area contributed by atoms with Crippen LogP contribution in [0.1, 0.15) is 18.9 Å². The average molecular weight is 494 g/mol. The Labute approximate surface area is 183 Å². The minimum atomic E-state index is -0.00305. The average Bonchev–Trinajstić information content (AvgIpc) is 3.39. The molecule has 2 unspecified atom stereocenters. The Morgan fingerprint density at radius 3 is 2.50 bits per heavy atom. The van der Waals surface area contributed by atoms with Gasteiger partial charge in [-0.3, -0.25) is 0 Å². The Balaban J connectivity index is 0.00000225. The molecule has 1 aromatic carbocycles. The molecule has 0 radical (unpaired) electrons. The Bertz CT molecular complexity index is 824. The molecule has 7 nitrogen and oxygen atoms in total. The lowest BCUT2D eigenvalue weighted by molar-refractivity contribution is 0.377. The molecular weight excluding hydrogens is 467 g/mol. The van der Waals surface area contributed by atoms with E-state index in [0.29, 0.717) is 5.96 Å². The van der Waals surface area contributed by atoms with Crippen molar-refractivity contribution in [2.45, 2.75) is 24.8 Å². The highest BCUT2D eigenvalue weighted by Crippen LogP contribution is 2.53. The number of piperazine rings is 1. The zero-order chi connectivity index (χ0) is 18.9. The van der Waals surface area contributed by atoms with Gasteiger partial charge in [0, 0.05) is 49.6 Å². The minimum Gasteiger partial charge on any atom is -0.496 e. The molecule has 2 heterocycles.